The van der Waals surface area contributed by atoms with Gasteiger partial charge in [-0.05, 0) is 13.0 Å². The van der Waals surface area contributed by atoms with Crippen LogP contribution in [0, 0.1) is 11.6 Å². The van der Waals surface area contributed by atoms with Crippen molar-refractivity contribution in [3.05, 3.63) is 28.8 Å². The Balaban J connectivity index is 3.68. The molecule has 0 aliphatic rings. The zero-order valence-electron chi connectivity index (χ0n) is 9.22. The van der Waals surface area contributed by atoms with Gasteiger partial charge in [0, 0.05) is 0 Å². The van der Waals surface area contributed by atoms with Gasteiger partial charge in [-0.2, -0.15) is 26.3 Å². The minimum atomic E-state index is -5.52. The number of hydrogen-bond acceptors (Lipinski definition) is 1. The van der Waals surface area contributed by atoms with Gasteiger partial charge in [-0.1, -0.05) is 0 Å². The van der Waals surface area contributed by atoms with Crippen LogP contribution in [0.5, 0.6) is 5.75 Å². The third-order valence-corrected chi connectivity index (χ3v) is 2.05. The Morgan fingerprint density at radius 3 is 1.89 bits per heavy atom. The summed E-state index contributed by atoms with van der Waals surface area (Å²) >= 11 is 0. The molecule has 1 nitrogen and oxygen atoms in total. The van der Waals surface area contributed by atoms with Gasteiger partial charge in [-0.25, -0.2) is 8.78 Å². The third-order valence-electron chi connectivity index (χ3n) is 2.05. The highest BCUT2D eigenvalue weighted by molar-refractivity contribution is 5.43. The molecule has 0 saturated heterocycles. The first-order chi connectivity index (χ1) is 8.50. The monoisotopic (exact) mass is 294 g/mol. The van der Waals surface area contributed by atoms with Gasteiger partial charge in [0.1, 0.15) is 5.56 Å². The average molecular weight is 294 g/mol. The van der Waals surface area contributed by atoms with Gasteiger partial charge in [0.25, 0.3) is 0 Å². The SMILES string of the molecule is CCOc1c(F)cc(C(F)(F)F)c(F)c1C(F)(F)F. The molecule has 0 heterocycles. The standard InChI is InChI=1S/C10H6F8O/c1-2-19-8-5(11)3-4(9(13,14)15)7(12)6(8)10(16,17)18/h3H,2H2,1H3. The number of benzene rings is 1. The van der Waals surface area contributed by atoms with Crippen molar-refractivity contribution in [2.24, 2.45) is 0 Å². The molecule has 1 aromatic carbocycles. The van der Waals surface area contributed by atoms with Crippen LogP contribution in [0.15, 0.2) is 6.07 Å². The van der Waals surface area contributed by atoms with Crippen molar-refractivity contribution < 1.29 is 39.9 Å². The molecule has 9 heteroatoms. The first-order valence-corrected chi connectivity index (χ1v) is 4.79. The summed E-state index contributed by atoms with van der Waals surface area (Å²) in [7, 11) is 0. The smallest absolute Gasteiger partial charge is 0.422 e. The molecule has 0 N–H and O–H groups in total. The van der Waals surface area contributed by atoms with Crippen LogP contribution in [0.3, 0.4) is 0 Å². The number of halogens is 8. The van der Waals surface area contributed by atoms with Crippen LogP contribution < -0.4 is 4.74 Å². The van der Waals surface area contributed by atoms with Crippen molar-refractivity contribution in [1.29, 1.82) is 0 Å². The van der Waals surface area contributed by atoms with Crippen LogP contribution in [0.25, 0.3) is 0 Å². The summed E-state index contributed by atoms with van der Waals surface area (Å²) in [6.07, 6.45) is -11.0. The van der Waals surface area contributed by atoms with E-state index in [9.17, 15) is 35.1 Å². The molecule has 0 atom stereocenters. The Kier molecular flexibility index (Phi) is 3.97. The van der Waals surface area contributed by atoms with E-state index in [1.165, 1.54) is 6.92 Å². The van der Waals surface area contributed by atoms with E-state index in [1.54, 1.807) is 0 Å². The van der Waals surface area contributed by atoms with Crippen molar-refractivity contribution >= 4 is 0 Å². The van der Waals surface area contributed by atoms with Crippen molar-refractivity contribution in [3.63, 3.8) is 0 Å². The predicted molar refractivity (Wildman–Crippen MR) is 47.5 cm³/mol. The first-order valence-electron chi connectivity index (χ1n) is 4.79. The number of ether oxygens (including phenoxy) is 1. The van der Waals surface area contributed by atoms with Crippen molar-refractivity contribution in [2.75, 3.05) is 6.61 Å². The molecule has 0 radical (unpaired) electrons. The lowest BCUT2D eigenvalue weighted by atomic mass is 10.1. The van der Waals surface area contributed by atoms with E-state index in [0.717, 1.165) is 0 Å². The zero-order valence-corrected chi connectivity index (χ0v) is 9.22. The van der Waals surface area contributed by atoms with E-state index < -0.39 is 47.5 Å². The number of rotatable bonds is 2. The highest BCUT2D eigenvalue weighted by atomic mass is 19.4. The highest BCUT2D eigenvalue weighted by Crippen LogP contribution is 2.44. The summed E-state index contributed by atoms with van der Waals surface area (Å²) in [5.41, 5.74) is -4.73. The minimum Gasteiger partial charge on any atom is -0.490 e. The van der Waals surface area contributed by atoms with Crippen molar-refractivity contribution in [1.82, 2.24) is 0 Å². The van der Waals surface area contributed by atoms with E-state index in [-0.39, 0.29) is 6.07 Å². The molecule has 0 aromatic heterocycles. The first kappa shape index (κ1) is 15.5. The molecular formula is C10H6F8O. The summed E-state index contributed by atoms with van der Waals surface area (Å²) < 4.78 is 105. The molecule has 0 aliphatic heterocycles. The van der Waals surface area contributed by atoms with E-state index in [4.69, 9.17) is 0 Å². The van der Waals surface area contributed by atoms with Crippen LogP contribution in [-0.4, -0.2) is 6.61 Å². The molecule has 0 amide bonds. The van der Waals surface area contributed by atoms with Gasteiger partial charge < -0.3 is 4.74 Å². The maximum atomic E-state index is 13.3. The lowest BCUT2D eigenvalue weighted by molar-refractivity contribution is -0.149. The van der Waals surface area contributed by atoms with E-state index in [0.29, 0.717) is 0 Å². The molecule has 1 aromatic rings. The topological polar surface area (TPSA) is 9.23 Å². The van der Waals surface area contributed by atoms with E-state index in [1.807, 2.05) is 0 Å². The Morgan fingerprint density at radius 2 is 1.53 bits per heavy atom. The molecule has 0 fully saturated rings. The Bertz CT molecular complexity index is 474. The van der Waals surface area contributed by atoms with Crippen LogP contribution in [0.1, 0.15) is 18.1 Å². The average Bonchev–Trinajstić information content (AvgIpc) is 2.19. The van der Waals surface area contributed by atoms with E-state index >= 15 is 0 Å². The summed E-state index contributed by atoms with van der Waals surface area (Å²) in [6.45, 7) is 0.708. The Labute approximate surface area is 101 Å². The second-order valence-electron chi connectivity index (χ2n) is 3.35. The zero-order chi connectivity index (χ0) is 15.0. The molecule has 0 aliphatic carbocycles. The molecule has 0 spiro atoms. The van der Waals surface area contributed by atoms with Gasteiger partial charge in [0.15, 0.2) is 17.4 Å². The summed E-state index contributed by atoms with van der Waals surface area (Å²) in [5, 5.41) is 0. The quantitative estimate of drug-likeness (QED) is 0.735. The van der Waals surface area contributed by atoms with Gasteiger partial charge in [-0.3, -0.25) is 0 Å². The maximum Gasteiger partial charge on any atom is 0.422 e. The highest BCUT2D eigenvalue weighted by Gasteiger charge is 2.45. The Hall–Kier alpha value is -1.54. The lowest BCUT2D eigenvalue weighted by Gasteiger charge is -2.18. The fraction of sp³-hybridized carbons (Fsp3) is 0.400. The fourth-order valence-electron chi connectivity index (χ4n) is 1.35. The summed E-state index contributed by atoms with van der Waals surface area (Å²) in [4.78, 5) is 0. The second-order valence-corrected chi connectivity index (χ2v) is 3.35. The summed E-state index contributed by atoms with van der Waals surface area (Å²) in [5.74, 6) is -6.12. The lowest BCUT2D eigenvalue weighted by Crippen LogP contribution is -2.18. The molecule has 108 valence electrons. The van der Waals surface area contributed by atoms with Crippen molar-refractivity contribution in [3.8, 4) is 5.75 Å². The second kappa shape index (κ2) is 4.86. The van der Waals surface area contributed by atoms with Gasteiger partial charge in [-0.15, -0.1) is 0 Å². The van der Waals surface area contributed by atoms with Gasteiger partial charge in [0.05, 0.1) is 12.2 Å². The fourth-order valence-corrected chi connectivity index (χ4v) is 1.35. The molecule has 19 heavy (non-hydrogen) atoms. The van der Waals surface area contributed by atoms with Crippen LogP contribution in [0.4, 0.5) is 35.1 Å². The molecule has 0 saturated carbocycles. The Morgan fingerprint density at radius 1 is 1.00 bits per heavy atom. The molecular weight excluding hydrogens is 288 g/mol. The molecule has 0 unspecified atom stereocenters. The van der Waals surface area contributed by atoms with Crippen LogP contribution in [0.2, 0.25) is 0 Å². The molecule has 1 rings (SSSR count). The van der Waals surface area contributed by atoms with Crippen LogP contribution in [-0.2, 0) is 12.4 Å². The minimum absolute atomic E-state index is 0.366. The van der Waals surface area contributed by atoms with Crippen molar-refractivity contribution in [2.45, 2.75) is 19.3 Å². The molecule has 0 bridgehead atoms. The number of alkyl halides is 6. The van der Waals surface area contributed by atoms with Gasteiger partial charge >= 0.3 is 12.4 Å². The van der Waals surface area contributed by atoms with E-state index in [2.05, 4.69) is 4.74 Å². The van der Waals surface area contributed by atoms with Crippen LogP contribution >= 0.6 is 0 Å². The maximum absolute atomic E-state index is 13.3. The largest absolute Gasteiger partial charge is 0.490 e. The predicted octanol–water partition coefficient (Wildman–Crippen LogP) is 4.40. The summed E-state index contributed by atoms with van der Waals surface area (Å²) in [6, 6.07) is -0.366. The number of hydrogen-bond donors (Lipinski definition) is 0. The third kappa shape index (κ3) is 3.07. The normalized spacial score (nSPS) is 12.7. The van der Waals surface area contributed by atoms with Gasteiger partial charge in [0.2, 0.25) is 0 Å².